The maximum Gasteiger partial charge on any atom is 0.264 e. The first-order chi connectivity index (χ1) is 18.7. The van der Waals surface area contributed by atoms with Crippen molar-refractivity contribution in [2.45, 2.75) is 77.9 Å². The third-order valence-corrected chi connectivity index (χ3v) is 8.50. The summed E-state index contributed by atoms with van der Waals surface area (Å²) in [6, 6.07) is 20.5. The van der Waals surface area contributed by atoms with E-state index in [1.165, 1.54) is 21.3 Å². The molecule has 1 atom stereocenters. The highest BCUT2D eigenvalue weighted by atomic mass is 32.2. The zero-order valence-corrected chi connectivity index (χ0v) is 25.4. The molecule has 0 heterocycles. The predicted octanol–water partition coefficient (Wildman–Crippen LogP) is 5.53. The van der Waals surface area contributed by atoms with Crippen LogP contribution in [-0.2, 0) is 26.2 Å². The fourth-order valence-corrected chi connectivity index (χ4v) is 6.06. The minimum absolute atomic E-state index is 0.0895. The van der Waals surface area contributed by atoms with Crippen LogP contribution in [-0.4, -0.2) is 43.3 Å². The number of rotatable bonds is 10. The van der Waals surface area contributed by atoms with Crippen LogP contribution in [0.5, 0.6) is 0 Å². The molecule has 0 aliphatic heterocycles. The molecule has 0 fully saturated rings. The van der Waals surface area contributed by atoms with Gasteiger partial charge < -0.3 is 10.2 Å². The van der Waals surface area contributed by atoms with Crippen molar-refractivity contribution >= 4 is 27.5 Å². The van der Waals surface area contributed by atoms with Crippen LogP contribution in [0.2, 0.25) is 0 Å². The van der Waals surface area contributed by atoms with E-state index in [-0.39, 0.29) is 17.3 Å². The van der Waals surface area contributed by atoms with E-state index in [1.807, 2.05) is 84.9 Å². The van der Waals surface area contributed by atoms with Gasteiger partial charge >= 0.3 is 0 Å². The number of aryl methyl sites for hydroxylation is 3. The second-order valence-electron chi connectivity index (χ2n) is 11.2. The van der Waals surface area contributed by atoms with E-state index >= 15 is 0 Å². The summed E-state index contributed by atoms with van der Waals surface area (Å²) >= 11 is 0. The van der Waals surface area contributed by atoms with Gasteiger partial charge in [-0.2, -0.15) is 0 Å². The van der Waals surface area contributed by atoms with Crippen molar-refractivity contribution in [3.63, 3.8) is 0 Å². The highest BCUT2D eigenvalue weighted by Crippen LogP contribution is 2.29. The molecule has 8 heteroatoms. The number of anilines is 1. The number of sulfonamides is 1. The van der Waals surface area contributed by atoms with Crippen LogP contribution < -0.4 is 9.62 Å². The molecule has 2 amide bonds. The number of hydrogen-bond acceptors (Lipinski definition) is 4. The van der Waals surface area contributed by atoms with Crippen LogP contribution in [0.15, 0.2) is 77.7 Å². The third-order valence-electron chi connectivity index (χ3n) is 6.73. The first-order valence-corrected chi connectivity index (χ1v) is 15.0. The molecular formula is C32H41N3O4S. The quantitative estimate of drug-likeness (QED) is 0.352. The first-order valence-electron chi connectivity index (χ1n) is 13.6. The van der Waals surface area contributed by atoms with Crippen molar-refractivity contribution in [1.29, 1.82) is 0 Å². The Kier molecular flexibility index (Phi) is 9.79. The van der Waals surface area contributed by atoms with E-state index in [0.29, 0.717) is 12.1 Å². The van der Waals surface area contributed by atoms with Gasteiger partial charge in [0.15, 0.2) is 0 Å². The third kappa shape index (κ3) is 7.50. The van der Waals surface area contributed by atoms with Gasteiger partial charge in [-0.3, -0.25) is 13.9 Å². The zero-order chi connectivity index (χ0) is 29.7. The van der Waals surface area contributed by atoms with Crippen LogP contribution in [0.1, 0.15) is 56.4 Å². The van der Waals surface area contributed by atoms with E-state index in [9.17, 15) is 18.0 Å². The molecule has 0 bridgehead atoms. The largest absolute Gasteiger partial charge is 0.350 e. The zero-order valence-electron chi connectivity index (χ0n) is 24.6. The Balaban J connectivity index is 2.12. The minimum atomic E-state index is -4.10. The van der Waals surface area contributed by atoms with Crippen LogP contribution >= 0.6 is 0 Å². The van der Waals surface area contributed by atoms with Gasteiger partial charge in [-0.25, -0.2) is 8.42 Å². The fourth-order valence-electron chi connectivity index (χ4n) is 4.56. The van der Waals surface area contributed by atoms with Gasteiger partial charge in [0.2, 0.25) is 11.8 Å². The maximum atomic E-state index is 14.2. The summed E-state index contributed by atoms with van der Waals surface area (Å²) in [5, 5.41) is 3.00. The normalized spacial score (nSPS) is 12.5. The fraction of sp³-hybridized carbons (Fsp3) is 0.375. The van der Waals surface area contributed by atoms with E-state index in [0.717, 1.165) is 22.3 Å². The Morgan fingerprint density at radius 1 is 0.875 bits per heavy atom. The van der Waals surface area contributed by atoms with Gasteiger partial charge in [-0.1, -0.05) is 61.5 Å². The van der Waals surface area contributed by atoms with E-state index in [1.54, 1.807) is 24.3 Å². The highest BCUT2D eigenvalue weighted by Gasteiger charge is 2.35. The number of benzene rings is 3. The monoisotopic (exact) mass is 563 g/mol. The molecule has 7 nitrogen and oxygen atoms in total. The van der Waals surface area contributed by atoms with E-state index < -0.39 is 34.1 Å². The Morgan fingerprint density at radius 2 is 1.50 bits per heavy atom. The molecule has 0 aliphatic rings. The maximum absolute atomic E-state index is 14.2. The highest BCUT2D eigenvalue weighted by molar-refractivity contribution is 7.92. The molecule has 0 aromatic heterocycles. The topological polar surface area (TPSA) is 86.8 Å². The molecule has 3 aromatic carbocycles. The summed E-state index contributed by atoms with van der Waals surface area (Å²) < 4.78 is 29.2. The van der Waals surface area contributed by atoms with Gasteiger partial charge in [0.05, 0.1) is 10.6 Å². The molecule has 0 aliphatic carbocycles. The number of nitrogens with zero attached hydrogens (tertiary/aromatic N) is 2. The molecule has 3 rings (SSSR count). The standard InChI is InChI=1S/C32H41N3O4S/c1-8-28(31(37)33-32(5,6)7)34(21-26-15-13-12-14-24(26)3)30(36)22-35(29-20-23(2)18-19-25(29)4)40(38,39)27-16-10-9-11-17-27/h9-20,28H,8,21-22H2,1-7H3,(H,33,37). The van der Waals surface area contributed by atoms with Gasteiger partial charge in [-0.15, -0.1) is 0 Å². The molecule has 1 unspecified atom stereocenters. The van der Waals surface area contributed by atoms with Crippen molar-refractivity contribution in [2.24, 2.45) is 0 Å². The van der Waals surface area contributed by atoms with E-state index in [2.05, 4.69) is 5.32 Å². The smallest absolute Gasteiger partial charge is 0.264 e. The number of amides is 2. The minimum Gasteiger partial charge on any atom is -0.350 e. The van der Waals surface area contributed by atoms with E-state index in [4.69, 9.17) is 0 Å². The van der Waals surface area contributed by atoms with Crippen molar-refractivity contribution < 1.29 is 18.0 Å². The predicted molar refractivity (Wildman–Crippen MR) is 161 cm³/mol. The lowest BCUT2D eigenvalue weighted by molar-refractivity contribution is -0.141. The lowest BCUT2D eigenvalue weighted by Gasteiger charge is -2.35. The summed E-state index contributed by atoms with van der Waals surface area (Å²) in [4.78, 5) is 29.3. The molecule has 0 saturated heterocycles. The molecule has 3 aromatic rings. The Labute approximate surface area is 239 Å². The molecule has 0 radical (unpaired) electrons. The van der Waals surface area contributed by atoms with Gasteiger partial charge in [-0.05, 0) is 88.4 Å². The number of carbonyl (C=O) groups excluding carboxylic acids is 2. The Hall–Kier alpha value is -3.65. The average Bonchev–Trinajstić information content (AvgIpc) is 2.89. The summed E-state index contributed by atoms with van der Waals surface area (Å²) in [7, 11) is -4.10. The second kappa shape index (κ2) is 12.7. The van der Waals surface area contributed by atoms with Crippen molar-refractivity contribution in [2.75, 3.05) is 10.8 Å². The molecule has 214 valence electrons. The molecular weight excluding hydrogens is 522 g/mol. The molecule has 40 heavy (non-hydrogen) atoms. The lowest BCUT2D eigenvalue weighted by Crippen LogP contribution is -2.55. The van der Waals surface area contributed by atoms with Crippen molar-refractivity contribution in [3.8, 4) is 0 Å². The summed E-state index contributed by atoms with van der Waals surface area (Å²) in [6.45, 7) is 12.9. The average molecular weight is 564 g/mol. The molecule has 0 saturated carbocycles. The van der Waals surface area contributed by atoms with Gasteiger partial charge in [0.1, 0.15) is 12.6 Å². The van der Waals surface area contributed by atoms with Gasteiger partial charge in [0, 0.05) is 12.1 Å². The second-order valence-corrected chi connectivity index (χ2v) is 13.1. The van der Waals surface area contributed by atoms with Crippen LogP contribution in [0.3, 0.4) is 0 Å². The summed E-state index contributed by atoms with van der Waals surface area (Å²) in [5.41, 5.74) is 3.40. The van der Waals surface area contributed by atoms with Crippen LogP contribution in [0.4, 0.5) is 5.69 Å². The Morgan fingerprint density at radius 3 is 2.10 bits per heavy atom. The van der Waals surface area contributed by atoms with Crippen molar-refractivity contribution in [3.05, 3.63) is 95.1 Å². The van der Waals surface area contributed by atoms with Crippen molar-refractivity contribution in [1.82, 2.24) is 10.2 Å². The molecule has 1 N–H and O–H groups in total. The molecule has 0 spiro atoms. The Bertz CT molecular complexity index is 1450. The number of hydrogen-bond donors (Lipinski definition) is 1. The lowest BCUT2D eigenvalue weighted by atomic mass is 10.0. The summed E-state index contributed by atoms with van der Waals surface area (Å²) in [6.07, 6.45) is 0.369. The number of carbonyl (C=O) groups is 2. The van der Waals surface area contributed by atoms with Crippen LogP contribution in [0, 0.1) is 20.8 Å². The van der Waals surface area contributed by atoms with Crippen LogP contribution in [0.25, 0.3) is 0 Å². The number of nitrogens with one attached hydrogen (secondary N) is 1. The summed E-state index contributed by atoms with van der Waals surface area (Å²) in [5.74, 6) is -0.735. The first kappa shape index (κ1) is 30.9. The van der Waals surface area contributed by atoms with Gasteiger partial charge in [0.25, 0.3) is 10.0 Å². The SMILES string of the molecule is CCC(C(=O)NC(C)(C)C)N(Cc1ccccc1C)C(=O)CN(c1cc(C)ccc1C)S(=O)(=O)c1ccccc1.